The third-order valence-corrected chi connectivity index (χ3v) is 6.02. The number of halogens is 1. The fourth-order valence-corrected chi connectivity index (χ4v) is 4.57. The molecular formula is C20H22ClNO3S. The van der Waals surface area contributed by atoms with Crippen LogP contribution < -0.4 is 9.47 Å². The summed E-state index contributed by atoms with van der Waals surface area (Å²) in [6, 6.07) is 15.3. The van der Waals surface area contributed by atoms with Crippen LogP contribution in [0.4, 0.5) is 0 Å². The van der Waals surface area contributed by atoms with Crippen molar-refractivity contribution in [2.75, 3.05) is 32.6 Å². The summed E-state index contributed by atoms with van der Waals surface area (Å²) in [7, 11) is 1.59. The SMILES string of the molecule is COc1ccccc1OCC(=O)N1CCS[C@@H](c2ccccc2Cl)CC1. The van der Waals surface area contributed by atoms with Crippen LogP contribution in [0.25, 0.3) is 0 Å². The van der Waals surface area contributed by atoms with Crippen LogP contribution in [-0.2, 0) is 4.79 Å². The second kappa shape index (κ2) is 9.19. The molecule has 2 aromatic rings. The molecule has 0 N–H and O–H groups in total. The molecule has 1 saturated heterocycles. The molecule has 26 heavy (non-hydrogen) atoms. The number of nitrogens with zero attached hydrogens (tertiary/aromatic N) is 1. The first-order valence-corrected chi connectivity index (χ1v) is 10.0. The summed E-state index contributed by atoms with van der Waals surface area (Å²) in [6.07, 6.45) is 0.884. The molecule has 6 heteroatoms. The van der Waals surface area contributed by atoms with Crippen molar-refractivity contribution in [2.24, 2.45) is 0 Å². The maximum absolute atomic E-state index is 12.6. The van der Waals surface area contributed by atoms with E-state index in [9.17, 15) is 4.79 Å². The number of benzene rings is 2. The van der Waals surface area contributed by atoms with Crippen LogP contribution in [0.5, 0.6) is 11.5 Å². The zero-order chi connectivity index (χ0) is 18.4. The number of carbonyl (C=O) groups excluding carboxylic acids is 1. The Kier molecular flexibility index (Phi) is 6.69. The quantitative estimate of drug-likeness (QED) is 0.755. The van der Waals surface area contributed by atoms with E-state index in [1.807, 2.05) is 53.1 Å². The maximum atomic E-state index is 12.6. The van der Waals surface area contributed by atoms with Gasteiger partial charge in [0.2, 0.25) is 0 Å². The second-order valence-electron chi connectivity index (χ2n) is 5.99. The lowest BCUT2D eigenvalue weighted by atomic mass is 10.1. The highest BCUT2D eigenvalue weighted by atomic mass is 35.5. The molecule has 0 spiro atoms. The molecule has 0 bridgehead atoms. The number of thioether (sulfide) groups is 1. The molecule has 1 aliphatic rings. The van der Waals surface area contributed by atoms with E-state index in [0.29, 0.717) is 23.3 Å². The molecule has 138 valence electrons. The van der Waals surface area contributed by atoms with Gasteiger partial charge in [0.05, 0.1) is 7.11 Å². The van der Waals surface area contributed by atoms with Crippen molar-refractivity contribution >= 4 is 29.3 Å². The Hall–Kier alpha value is -1.85. The van der Waals surface area contributed by atoms with Crippen LogP contribution in [0.3, 0.4) is 0 Å². The van der Waals surface area contributed by atoms with Gasteiger partial charge in [0.1, 0.15) is 0 Å². The first-order chi connectivity index (χ1) is 12.7. The van der Waals surface area contributed by atoms with Crippen LogP contribution in [0.15, 0.2) is 48.5 Å². The Morgan fingerprint density at radius 3 is 2.65 bits per heavy atom. The molecule has 1 atom stereocenters. The van der Waals surface area contributed by atoms with Gasteiger partial charge in [-0.3, -0.25) is 4.79 Å². The molecule has 4 nitrogen and oxygen atoms in total. The Bertz CT molecular complexity index is 755. The number of hydrogen-bond acceptors (Lipinski definition) is 4. The van der Waals surface area contributed by atoms with Crippen LogP contribution in [0.2, 0.25) is 5.02 Å². The summed E-state index contributed by atoms with van der Waals surface area (Å²) in [6.45, 7) is 1.44. The number of amides is 1. The van der Waals surface area contributed by atoms with Gasteiger partial charge in [-0.2, -0.15) is 11.8 Å². The highest BCUT2D eigenvalue weighted by Gasteiger charge is 2.23. The minimum absolute atomic E-state index is 0.00341. The first-order valence-electron chi connectivity index (χ1n) is 8.58. The summed E-state index contributed by atoms with van der Waals surface area (Å²) in [4.78, 5) is 14.4. The second-order valence-corrected chi connectivity index (χ2v) is 7.71. The lowest BCUT2D eigenvalue weighted by Gasteiger charge is -2.21. The topological polar surface area (TPSA) is 38.8 Å². The van der Waals surface area contributed by atoms with E-state index in [0.717, 1.165) is 29.3 Å². The number of hydrogen-bond donors (Lipinski definition) is 0. The van der Waals surface area contributed by atoms with Crippen molar-refractivity contribution in [3.8, 4) is 11.5 Å². The third-order valence-electron chi connectivity index (χ3n) is 4.37. The van der Waals surface area contributed by atoms with Crippen molar-refractivity contribution in [1.29, 1.82) is 0 Å². The maximum Gasteiger partial charge on any atom is 0.260 e. The fraction of sp³-hybridized carbons (Fsp3) is 0.350. The first kappa shape index (κ1) is 18.9. The van der Waals surface area contributed by atoms with Crippen LogP contribution in [0.1, 0.15) is 17.2 Å². The van der Waals surface area contributed by atoms with Crippen LogP contribution >= 0.6 is 23.4 Å². The molecule has 0 aromatic heterocycles. The van der Waals surface area contributed by atoms with E-state index in [4.69, 9.17) is 21.1 Å². The van der Waals surface area contributed by atoms with Gasteiger partial charge >= 0.3 is 0 Å². The van der Waals surface area contributed by atoms with Gasteiger partial charge in [0.15, 0.2) is 18.1 Å². The van der Waals surface area contributed by atoms with Gasteiger partial charge in [-0.05, 0) is 30.2 Å². The summed E-state index contributed by atoms with van der Waals surface area (Å²) in [5.41, 5.74) is 1.15. The van der Waals surface area contributed by atoms with E-state index < -0.39 is 0 Å². The summed E-state index contributed by atoms with van der Waals surface area (Å²) in [5, 5.41) is 1.11. The van der Waals surface area contributed by atoms with E-state index in [1.165, 1.54) is 0 Å². The number of ether oxygens (including phenoxy) is 2. The van der Waals surface area contributed by atoms with Crippen molar-refractivity contribution in [3.05, 3.63) is 59.1 Å². The molecule has 1 amide bonds. The Balaban J connectivity index is 1.57. The predicted molar refractivity (Wildman–Crippen MR) is 106 cm³/mol. The highest BCUT2D eigenvalue weighted by Crippen LogP contribution is 2.37. The van der Waals surface area contributed by atoms with E-state index in [-0.39, 0.29) is 12.5 Å². The number of methoxy groups -OCH3 is 1. The van der Waals surface area contributed by atoms with Crippen molar-refractivity contribution in [2.45, 2.75) is 11.7 Å². The molecule has 1 fully saturated rings. The normalized spacial score (nSPS) is 17.5. The summed E-state index contributed by atoms with van der Waals surface area (Å²) in [5.74, 6) is 2.10. The average molecular weight is 392 g/mol. The zero-order valence-electron chi connectivity index (χ0n) is 14.7. The van der Waals surface area contributed by atoms with E-state index in [2.05, 4.69) is 6.07 Å². The molecule has 0 radical (unpaired) electrons. The largest absolute Gasteiger partial charge is 0.493 e. The van der Waals surface area contributed by atoms with Crippen molar-refractivity contribution in [1.82, 2.24) is 4.90 Å². The molecule has 3 rings (SSSR count). The Morgan fingerprint density at radius 2 is 1.88 bits per heavy atom. The molecule has 0 unspecified atom stereocenters. The molecule has 1 aliphatic heterocycles. The summed E-state index contributed by atoms with van der Waals surface area (Å²) >= 11 is 8.18. The monoisotopic (exact) mass is 391 g/mol. The van der Waals surface area contributed by atoms with Gasteiger partial charge in [-0.1, -0.05) is 41.9 Å². The number of carbonyl (C=O) groups is 1. The highest BCUT2D eigenvalue weighted by molar-refractivity contribution is 7.99. The van der Waals surface area contributed by atoms with Gasteiger partial charge in [-0.25, -0.2) is 0 Å². The van der Waals surface area contributed by atoms with Crippen LogP contribution in [0, 0.1) is 0 Å². The minimum atomic E-state index is -0.00341. The van der Waals surface area contributed by atoms with Gasteiger partial charge in [0.25, 0.3) is 5.91 Å². The minimum Gasteiger partial charge on any atom is -0.493 e. The van der Waals surface area contributed by atoms with Gasteiger partial charge < -0.3 is 14.4 Å². The number of rotatable bonds is 5. The van der Waals surface area contributed by atoms with Crippen LogP contribution in [-0.4, -0.2) is 43.4 Å². The molecular weight excluding hydrogens is 370 g/mol. The van der Waals surface area contributed by atoms with E-state index in [1.54, 1.807) is 13.2 Å². The average Bonchev–Trinajstić information content (AvgIpc) is 2.93. The lowest BCUT2D eigenvalue weighted by molar-refractivity contribution is -0.133. The molecule has 0 aliphatic carbocycles. The fourth-order valence-electron chi connectivity index (χ4n) is 2.97. The van der Waals surface area contributed by atoms with Crippen molar-refractivity contribution in [3.63, 3.8) is 0 Å². The predicted octanol–water partition coefficient (Wildman–Crippen LogP) is 4.43. The zero-order valence-corrected chi connectivity index (χ0v) is 16.3. The summed E-state index contributed by atoms with van der Waals surface area (Å²) < 4.78 is 10.9. The molecule has 2 aromatic carbocycles. The standard InChI is InChI=1S/C20H22ClNO3S/c1-24-17-8-4-5-9-18(17)25-14-20(23)22-11-10-19(26-13-12-22)15-6-2-3-7-16(15)21/h2-9,19H,10-14H2,1H3/t19-/m1/s1. The third kappa shape index (κ3) is 4.65. The Labute approximate surface area is 163 Å². The molecule has 0 saturated carbocycles. The molecule has 1 heterocycles. The smallest absolute Gasteiger partial charge is 0.260 e. The van der Waals surface area contributed by atoms with Gasteiger partial charge in [0, 0.05) is 29.1 Å². The number of para-hydroxylation sites is 2. The lowest BCUT2D eigenvalue weighted by Crippen LogP contribution is -2.36. The van der Waals surface area contributed by atoms with Gasteiger partial charge in [-0.15, -0.1) is 0 Å². The van der Waals surface area contributed by atoms with Crippen molar-refractivity contribution < 1.29 is 14.3 Å². The Morgan fingerprint density at radius 1 is 1.15 bits per heavy atom. The van der Waals surface area contributed by atoms with E-state index >= 15 is 0 Å².